The van der Waals surface area contributed by atoms with Gasteiger partial charge in [-0.25, -0.2) is 9.18 Å². The van der Waals surface area contributed by atoms with Crippen molar-refractivity contribution in [1.82, 2.24) is 5.32 Å². The van der Waals surface area contributed by atoms with Crippen LogP contribution in [0.3, 0.4) is 0 Å². The minimum absolute atomic E-state index is 0.0840. The standard InChI is InChI=1S/C31H24F7NO2/c1-19(39-28(20-8-4-2-5-9-20)21-10-6-3-7-11-21)14-22-17-26(12-13-27(22)32)41-29(40)23-15-24(30(33,34)35)18-25(16-23)31(36,37)38/h2-13,15-19,28,39H,14H2,1H3. The number of benzene rings is 4. The summed E-state index contributed by atoms with van der Waals surface area (Å²) in [5.74, 6) is -2.29. The first kappa shape index (κ1) is 29.8. The fraction of sp³-hybridized carbons (Fsp3) is 0.194. The normalized spacial score (nSPS) is 12.8. The number of esters is 1. The van der Waals surface area contributed by atoms with Crippen LogP contribution in [-0.4, -0.2) is 12.0 Å². The molecule has 4 aromatic rings. The summed E-state index contributed by atoms with van der Waals surface area (Å²) in [6.07, 6.45) is -10.1. The van der Waals surface area contributed by atoms with E-state index in [1.165, 1.54) is 6.07 Å². The van der Waals surface area contributed by atoms with E-state index in [0.29, 0.717) is 0 Å². The zero-order valence-electron chi connectivity index (χ0n) is 21.6. The van der Waals surface area contributed by atoms with Gasteiger partial charge in [-0.1, -0.05) is 60.7 Å². The highest BCUT2D eigenvalue weighted by Crippen LogP contribution is 2.36. The summed E-state index contributed by atoms with van der Waals surface area (Å²) in [7, 11) is 0. The van der Waals surface area contributed by atoms with Crippen molar-refractivity contribution < 1.29 is 40.3 Å². The SMILES string of the molecule is CC(Cc1cc(OC(=O)c2cc(C(F)(F)F)cc(C(F)(F)F)c2)ccc1F)NC(c1ccccc1)c1ccccc1. The number of ether oxygens (including phenoxy) is 1. The van der Waals surface area contributed by atoms with Gasteiger partial charge in [0, 0.05) is 6.04 Å². The molecule has 0 heterocycles. The van der Waals surface area contributed by atoms with Crippen LogP contribution in [0.1, 0.15) is 51.1 Å². The molecule has 0 aliphatic heterocycles. The molecule has 1 atom stereocenters. The number of carbonyl (C=O) groups is 1. The van der Waals surface area contributed by atoms with E-state index in [-0.39, 0.29) is 48.0 Å². The monoisotopic (exact) mass is 575 g/mol. The van der Waals surface area contributed by atoms with Crippen LogP contribution in [0.4, 0.5) is 30.7 Å². The van der Waals surface area contributed by atoms with Gasteiger partial charge in [0.05, 0.1) is 22.7 Å². The van der Waals surface area contributed by atoms with Gasteiger partial charge in [0.25, 0.3) is 0 Å². The highest BCUT2D eigenvalue weighted by molar-refractivity contribution is 5.91. The van der Waals surface area contributed by atoms with Gasteiger partial charge in [-0.15, -0.1) is 0 Å². The Morgan fingerprint density at radius 3 is 1.76 bits per heavy atom. The van der Waals surface area contributed by atoms with Gasteiger partial charge in [-0.2, -0.15) is 26.3 Å². The molecule has 41 heavy (non-hydrogen) atoms. The van der Waals surface area contributed by atoms with Crippen molar-refractivity contribution >= 4 is 5.97 Å². The molecular formula is C31H24F7NO2. The molecule has 0 amide bonds. The van der Waals surface area contributed by atoms with Crippen LogP contribution in [0.25, 0.3) is 0 Å². The maximum absolute atomic E-state index is 14.7. The third kappa shape index (κ3) is 7.73. The largest absolute Gasteiger partial charge is 0.423 e. The second kappa shape index (κ2) is 12.1. The van der Waals surface area contributed by atoms with E-state index < -0.39 is 40.8 Å². The maximum atomic E-state index is 14.7. The van der Waals surface area contributed by atoms with Gasteiger partial charge in [0.1, 0.15) is 11.6 Å². The molecule has 0 bridgehead atoms. The molecule has 1 N–H and O–H groups in total. The van der Waals surface area contributed by atoms with E-state index in [4.69, 9.17) is 4.74 Å². The Labute approximate surface area is 231 Å². The Kier molecular flexibility index (Phi) is 8.82. The van der Waals surface area contributed by atoms with Crippen molar-refractivity contribution in [3.63, 3.8) is 0 Å². The highest BCUT2D eigenvalue weighted by Gasteiger charge is 2.37. The molecule has 4 rings (SSSR count). The van der Waals surface area contributed by atoms with Crippen molar-refractivity contribution in [3.8, 4) is 5.75 Å². The average molecular weight is 576 g/mol. The third-order valence-electron chi connectivity index (χ3n) is 6.29. The Hall–Kier alpha value is -4.18. The molecule has 0 aliphatic carbocycles. The average Bonchev–Trinajstić information content (AvgIpc) is 2.93. The van der Waals surface area contributed by atoms with Crippen molar-refractivity contribution in [2.75, 3.05) is 0 Å². The summed E-state index contributed by atoms with van der Waals surface area (Å²) in [6.45, 7) is 1.83. The molecule has 214 valence electrons. The van der Waals surface area contributed by atoms with E-state index in [1.54, 1.807) is 0 Å². The second-order valence-corrected chi connectivity index (χ2v) is 9.46. The number of halogens is 7. The molecule has 0 radical (unpaired) electrons. The highest BCUT2D eigenvalue weighted by atomic mass is 19.4. The number of hydrogen-bond acceptors (Lipinski definition) is 3. The quantitative estimate of drug-likeness (QED) is 0.130. The van der Waals surface area contributed by atoms with Gasteiger partial charge in [-0.05, 0) is 66.4 Å². The molecule has 3 nitrogen and oxygen atoms in total. The molecule has 1 unspecified atom stereocenters. The number of carbonyl (C=O) groups excluding carboxylic acids is 1. The van der Waals surface area contributed by atoms with Gasteiger partial charge >= 0.3 is 18.3 Å². The summed E-state index contributed by atoms with van der Waals surface area (Å²) in [5.41, 5.74) is -2.14. The summed E-state index contributed by atoms with van der Waals surface area (Å²) in [6, 6.07) is 22.4. The van der Waals surface area contributed by atoms with Crippen molar-refractivity contribution in [1.29, 1.82) is 0 Å². The topological polar surface area (TPSA) is 38.3 Å². The van der Waals surface area contributed by atoms with Gasteiger partial charge < -0.3 is 10.1 Å². The summed E-state index contributed by atoms with van der Waals surface area (Å²) in [4.78, 5) is 12.6. The van der Waals surface area contributed by atoms with Crippen LogP contribution < -0.4 is 10.1 Å². The molecule has 0 saturated heterocycles. The molecule has 0 spiro atoms. The van der Waals surface area contributed by atoms with Gasteiger partial charge in [-0.3, -0.25) is 0 Å². The summed E-state index contributed by atoms with van der Waals surface area (Å²) in [5, 5.41) is 3.46. The first-order chi connectivity index (χ1) is 19.3. The molecule has 10 heteroatoms. The Balaban J connectivity index is 1.54. The Morgan fingerprint density at radius 1 is 0.756 bits per heavy atom. The third-order valence-corrected chi connectivity index (χ3v) is 6.29. The fourth-order valence-electron chi connectivity index (χ4n) is 4.36. The van der Waals surface area contributed by atoms with Crippen LogP contribution in [0.2, 0.25) is 0 Å². The van der Waals surface area contributed by atoms with E-state index >= 15 is 0 Å². The lowest BCUT2D eigenvalue weighted by Gasteiger charge is -2.25. The minimum atomic E-state index is -5.13. The lowest BCUT2D eigenvalue weighted by atomic mass is 9.96. The summed E-state index contributed by atoms with van der Waals surface area (Å²) < 4.78 is 98.9. The van der Waals surface area contributed by atoms with Crippen molar-refractivity contribution in [2.45, 2.75) is 37.8 Å². The Morgan fingerprint density at radius 2 is 1.27 bits per heavy atom. The first-order valence-corrected chi connectivity index (χ1v) is 12.5. The second-order valence-electron chi connectivity index (χ2n) is 9.46. The lowest BCUT2D eigenvalue weighted by molar-refractivity contribution is -0.143. The molecular weight excluding hydrogens is 551 g/mol. The van der Waals surface area contributed by atoms with Crippen molar-refractivity contribution in [2.24, 2.45) is 0 Å². The maximum Gasteiger partial charge on any atom is 0.416 e. The van der Waals surface area contributed by atoms with Crippen molar-refractivity contribution in [3.05, 3.63) is 136 Å². The zero-order chi connectivity index (χ0) is 29.8. The molecule has 4 aromatic carbocycles. The number of alkyl halides is 6. The number of hydrogen-bond donors (Lipinski definition) is 1. The van der Waals surface area contributed by atoms with Gasteiger partial charge in [0.15, 0.2) is 0 Å². The van der Waals surface area contributed by atoms with Crippen LogP contribution >= 0.6 is 0 Å². The van der Waals surface area contributed by atoms with Crippen LogP contribution in [0.15, 0.2) is 97.1 Å². The first-order valence-electron chi connectivity index (χ1n) is 12.5. The molecule has 0 saturated carbocycles. The number of rotatable bonds is 8. The molecule has 0 aliphatic rings. The number of nitrogens with one attached hydrogen (secondary N) is 1. The van der Waals surface area contributed by atoms with E-state index in [0.717, 1.165) is 23.3 Å². The predicted molar refractivity (Wildman–Crippen MR) is 139 cm³/mol. The van der Waals surface area contributed by atoms with Gasteiger partial charge in [0.2, 0.25) is 0 Å². The lowest BCUT2D eigenvalue weighted by Crippen LogP contribution is -2.33. The smallest absolute Gasteiger partial charge is 0.416 e. The Bertz CT molecular complexity index is 1410. The van der Waals surface area contributed by atoms with Crippen LogP contribution in [0.5, 0.6) is 5.75 Å². The minimum Gasteiger partial charge on any atom is -0.423 e. The summed E-state index contributed by atoms with van der Waals surface area (Å²) >= 11 is 0. The van der Waals surface area contributed by atoms with Crippen LogP contribution in [-0.2, 0) is 18.8 Å². The molecule has 0 fully saturated rings. The zero-order valence-corrected chi connectivity index (χ0v) is 21.6. The molecule has 0 aromatic heterocycles. The van der Waals surface area contributed by atoms with Crippen LogP contribution in [0, 0.1) is 5.82 Å². The fourth-order valence-corrected chi connectivity index (χ4v) is 4.36. The van der Waals surface area contributed by atoms with E-state index in [2.05, 4.69) is 5.32 Å². The van der Waals surface area contributed by atoms with E-state index in [1.807, 2.05) is 67.6 Å². The van der Waals surface area contributed by atoms with E-state index in [9.17, 15) is 35.5 Å². The predicted octanol–water partition coefficient (Wildman–Crippen LogP) is 8.39.